The molecule has 1 aromatic heterocycles. The highest BCUT2D eigenvalue weighted by Crippen LogP contribution is 2.45. The van der Waals surface area contributed by atoms with E-state index in [0.717, 1.165) is 46.5 Å². The molecule has 6 nitrogen and oxygen atoms in total. The number of aryl methyl sites for hydroxylation is 1. The van der Waals surface area contributed by atoms with Crippen LogP contribution < -0.4 is 9.47 Å². The number of H-pyrrole nitrogens is 1. The van der Waals surface area contributed by atoms with E-state index in [1.165, 1.54) is 5.56 Å². The van der Waals surface area contributed by atoms with Gasteiger partial charge >= 0.3 is 0 Å². The molecule has 190 valence electrons. The fourth-order valence-corrected chi connectivity index (χ4v) is 4.82. The number of hydrogen-bond donors (Lipinski definition) is 1. The minimum atomic E-state index is -0.318. The lowest BCUT2D eigenvalue weighted by Gasteiger charge is -2.27. The number of fused-ring (bicyclic) bond motifs is 1. The van der Waals surface area contributed by atoms with Crippen LogP contribution in [-0.2, 0) is 6.54 Å². The van der Waals surface area contributed by atoms with Gasteiger partial charge in [0.2, 0.25) is 0 Å². The van der Waals surface area contributed by atoms with Gasteiger partial charge in [-0.2, -0.15) is 5.10 Å². The smallest absolute Gasteiger partial charge is 0.273 e. The Morgan fingerprint density at radius 3 is 2.46 bits per heavy atom. The van der Waals surface area contributed by atoms with E-state index in [1.54, 1.807) is 0 Å². The summed E-state index contributed by atoms with van der Waals surface area (Å²) in [4.78, 5) is 15.7. The molecule has 0 spiro atoms. The first-order valence-electron chi connectivity index (χ1n) is 13.0. The molecule has 0 saturated carbocycles. The highest BCUT2D eigenvalue weighted by Gasteiger charge is 2.42. The molecule has 1 aliphatic rings. The minimum absolute atomic E-state index is 0.0588. The van der Waals surface area contributed by atoms with Crippen LogP contribution in [0.1, 0.15) is 65.5 Å². The number of unbranched alkanes of at least 4 members (excludes halogenated alkanes) is 1. The summed E-state index contributed by atoms with van der Waals surface area (Å²) >= 11 is 0. The first-order valence-corrected chi connectivity index (χ1v) is 13.0. The van der Waals surface area contributed by atoms with Crippen molar-refractivity contribution in [3.05, 3.63) is 101 Å². The van der Waals surface area contributed by atoms with E-state index in [1.807, 2.05) is 60.4 Å². The lowest BCUT2D eigenvalue weighted by molar-refractivity contribution is 0.0729. The third-order valence-electron chi connectivity index (χ3n) is 6.72. The third-order valence-corrected chi connectivity index (χ3v) is 6.72. The molecule has 0 aliphatic carbocycles. The fraction of sp³-hybridized carbons (Fsp3) is 0.290. The van der Waals surface area contributed by atoms with Gasteiger partial charge in [-0.15, -0.1) is 0 Å². The second-order valence-electron chi connectivity index (χ2n) is 9.39. The monoisotopic (exact) mass is 495 g/mol. The number of nitrogens with one attached hydrogen (secondary N) is 1. The standard InChI is InChI=1S/C31H33N3O3/c1-4-6-18-37-25-17-16-24(19-26(25)36-5-2)30-27-28(23-10-8-7-9-11-23)32-33-29(27)31(35)34(30)20-22-14-12-21(3)13-15-22/h7-17,19,30H,4-6,18,20H2,1-3H3,(H,32,33). The maximum Gasteiger partial charge on any atom is 0.273 e. The largest absolute Gasteiger partial charge is 0.490 e. The SMILES string of the molecule is CCCCOc1ccc(C2c3c(-c4ccccc4)n[nH]c3C(=O)N2Cc2ccc(C)cc2)cc1OCC. The number of hydrogen-bond acceptors (Lipinski definition) is 4. The van der Waals surface area contributed by atoms with Crippen molar-refractivity contribution in [2.45, 2.75) is 46.2 Å². The van der Waals surface area contributed by atoms with Crippen LogP contribution in [0.25, 0.3) is 11.3 Å². The van der Waals surface area contributed by atoms with Gasteiger partial charge in [-0.25, -0.2) is 0 Å². The zero-order chi connectivity index (χ0) is 25.8. The fourth-order valence-electron chi connectivity index (χ4n) is 4.82. The normalized spacial score (nSPS) is 14.6. The van der Waals surface area contributed by atoms with Gasteiger partial charge in [0, 0.05) is 17.7 Å². The molecule has 1 N–H and O–H groups in total. The first-order chi connectivity index (χ1) is 18.1. The maximum absolute atomic E-state index is 13.7. The Hall–Kier alpha value is -4.06. The molecule has 4 aromatic rings. The molecule has 0 radical (unpaired) electrons. The number of aromatic amines is 1. The van der Waals surface area contributed by atoms with Crippen molar-refractivity contribution in [3.63, 3.8) is 0 Å². The molecule has 1 atom stereocenters. The molecule has 0 bridgehead atoms. The number of ether oxygens (including phenoxy) is 2. The summed E-state index contributed by atoms with van der Waals surface area (Å²) in [5.41, 5.74) is 6.43. The van der Waals surface area contributed by atoms with Gasteiger partial charge in [-0.05, 0) is 43.5 Å². The summed E-state index contributed by atoms with van der Waals surface area (Å²) in [6, 6.07) is 24.0. The molecule has 1 unspecified atom stereocenters. The van der Waals surface area contributed by atoms with E-state index in [4.69, 9.17) is 9.47 Å². The predicted molar refractivity (Wildman–Crippen MR) is 145 cm³/mol. The van der Waals surface area contributed by atoms with Crippen molar-refractivity contribution in [1.29, 1.82) is 0 Å². The Balaban J connectivity index is 1.60. The summed E-state index contributed by atoms with van der Waals surface area (Å²) in [7, 11) is 0. The number of benzene rings is 3. The lowest BCUT2D eigenvalue weighted by Crippen LogP contribution is -2.29. The van der Waals surface area contributed by atoms with E-state index in [-0.39, 0.29) is 11.9 Å². The molecular weight excluding hydrogens is 462 g/mol. The summed E-state index contributed by atoms with van der Waals surface area (Å²) in [5, 5.41) is 7.63. The molecule has 37 heavy (non-hydrogen) atoms. The average molecular weight is 496 g/mol. The molecule has 0 saturated heterocycles. The number of aromatic nitrogens is 2. The first kappa shape index (κ1) is 24.6. The molecule has 1 aliphatic heterocycles. The van der Waals surface area contributed by atoms with Crippen molar-refractivity contribution < 1.29 is 14.3 Å². The van der Waals surface area contributed by atoms with Crippen molar-refractivity contribution >= 4 is 5.91 Å². The van der Waals surface area contributed by atoms with Crippen LogP contribution in [-0.4, -0.2) is 34.2 Å². The molecule has 1 amide bonds. The summed E-state index contributed by atoms with van der Waals surface area (Å²) in [6.07, 6.45) is 2.04. The summed E-state index contributed by atoms with van der Waals surface area (Å²) < 4.78 is 12.0. The van der Waals surface area contributed by atoms with Crippen molar-refractivity contribution in [3.8, 4) is 22.8 Å². The average Bonchev–Trinajstić information content (AvgIpc) is 3.46. The third kappa shape index (κ3) is 4.96. The van der Waals surface area contributed by atoms with Gasteiger partial charge < -0.3 is 14.4 Å². The van der Waals surface area contributed by atoms with Crippen LogP contribution in [0.5, 0.6) is 11.5 Å². The summed E-state index contributed by atoms with van der Waals surface area (Å²) in [6.45, 7) is 7.82. The maximum atomic E-state index is 13.7. The van der Waals surface area contributed by atoms with Crippen LogP contribution in [0.2, 0.25) is 0 Å². The van der Waals surface area contributed by atoms with Crippen molar-refractivity contribution in [1.82, 2.24) is 15.1 Å². The second-order valence-corrected chi connectivity index (χ2v) is 9.39. The van der Waals surface area contributed by atoms with Crippen molar-refractivity contribution in [2.75, 3.05) is 13.2 Å². The van der Waals surface area contributed by atoms with Gasteiger partial charge in [-0.3, -0.25) is 9.89 Å². The van der Waals surface area contributed by atoms with Gasteiger partial charge in [0.1, 0.15) is 5.69 Å². The Morgan fingerprint density at radius 2 is 1.73 bits per heavy atom. The van der Waals surface area contributed by atoms with Gasteiger partial charge in [0.25, 0.3) is 5.91 Å². The van der Waals surface area contributed by atoms with Gasteiger partial charge in [0.05, 0.1) is 24.9 Å². The lowest BCUT2D eigenvalue weighted by atomic mass is 9.95. The van der Waals surface area contributed by atoms with E-state index in [2.05, 4.69) is 48.3 Å². The number of amides is 1. The highest BCUT2D eigenvalue weighted by molar-refractivity contribution is 6.00. The highest BCUT2D eigenvalue weighted by atomic mass is 16.5. The summed E-state index contributed by atoms with van der Waals surface area (Å²) in [5.74, 6) is 1.36. The molecule has 5 rings (SSSR count). The Labute approximate surface area is 218 Å². The van der Waals surface area contributed by atoms with Crippen LogP contribution >= 0.6 is 0 Å². The van der Waals surface area contributed by atoms with Gasteiger partial charge in [-0.1, -0.05) is 79.6 Å². The van der Waals surface area contributed by atoms with E-state index >= 15 is 0 Å². The number of rotatable bonds is 10. The predicted octanol–water partition coefficient (Wildman–Crippen LogP) is 6.71. The molecule has 3 aromatic carbocycles. The van der Waals surface area contributed by atoms with Gasteiger partial charge in [0.15, 0.2) is 11.5 Å². The number of nitrogens with zero attached hydrogens (tertiary/aromatic N) is 2. The number of carbonyl (C=O) groups is 1. The molecule has 6 heteroatoms. The second kappa shape index (κ2) is 10.9. The zero-order valence-corrected chi connectivity index (χ0v) is 21.7. The Kier molecular flexibility index (Phi) is 7.26. The van der Waals surface area contributed by atoms with E-state index in [0.29, 0.717) is 31.2 Å². The van der Waals surface area contributed by atoms with Crippen LogP contribution in [0, 0.1) is 6.92 Å². The van der Waals surface area contributed by atoms with Crippen LogP contribution in [0.4, 0.5) is 0 Å². The zero-order valence-electron chi connectivity index (χ0n) is 21.7. The quantitative estimate of drug-likeness (QED) is 0.248. The van der Waals surface area contributed by atoms with Crippen LogP contribution in [0.15, 0.2) is 72.8 Å². The molecule has 0 fully saturated rings. The van der Waals surface area contributed by atoms with E-state index in [9.17, 15) is 4.79 Å². The molecule has 2 heterocycles. The minimum Gasteiger partial charge on any atom is -0.490 e. The number of carbonyl (C=O) groups excluding carboxylic acids is 1. The van der Waals surface area contributed by atoms with E-state index < -0.39 is 0 Å². The van der Waals surface area contributed by atoms with Crippen LogP contribution in [0.3, 0.4) is 0 Å². The Morgan fingerprint density at radius 1 is 0.946 bits per heavy atom. The van der Waals surface area contributed by atoms with Crippen molar-refractivity contribution in [2.24, 2.45) is 0 Å². The molecular formula is C31H33N3O3. The Bertz CT molecular complexity index is 1360. The topological polar surface area (TPSA) is 67.5 Å².